The van der Waals surface area contributed by atoms with Gasteiger partial charge in [-0.2, -0.15) is 0 Å². The van der Waals surface area contributed by atoms with Crippen molar-refractivity contribution in [3.8, 4) is 11.3 Å². The van der Waals surface area contributed by atoms with Crippen LogP contribution in [-0.4, -0.2) is 42.8 Å². The molecule has 1 aliphatic rings. The van der Waals surface area contributed by atoms with E-state index in [1.165, 1.54) is 0 Å². The average molecular weight is 381 g/mol. The second-order valence-electron chi connectivity index (χ2n) is 7.71. The maximum Gasteiger partial charge on any atom is 0.143 e. The van der Waals surface area contributed by atoms with Crippen molar-refractivity contribution in [1.82, 2.24) is 24.6 Å². The van der Waals surface area contributed by atoms with E-state index in [1.807, 2.05) is 37.9 Å². The first-order valence-electron chi connectivity index (χ1n) is 9.78. The Kier molecular flexibility index (Phi) is 5.28. The Balaban J connectivity index is 1.59. The summed E-state index contributed by atoms with van der Waals surface area (Å²) in [5.74, 6) is 1.10. The zero-order chi connectivity index (χ0) is 19.7. The molecule has 0 aliphatic carbocycles. The Labute approximate surface area is 165 Å². The van der Waals surface area contributed by atoms with E-state index in [-0.39, 0.29) is 6.61 Å². The van der Waals surface area contributed by atoms with Gasteiger partial charge in [-0.3, -0.25) is 9.88 Å². The number of imidazole rings is 1. The lowest BCUT2D eigenvalue weighted by molar-refractivity contribution is 0.196. The second kappa shape index (κ2) is 7.85. The quantitative estimate of drug-likeness (QED) is 0.732. The highest BCUT2D eigenvalue weighted by Crippen LogP contribution is 2.32. The first-order chi connectivity index (χ1) is 13.5. The van der Waals surface area contributed by atoms with Crippen molar-refractivity contribution in [2.45, 2.75) is 45.8 Å². The van der Waals surface area contributed by atoms with E-state index >= 15 is 0 Å². The van der Waals surface area contributed by atoms with Gasteiger partial charge < -0.3 is 14.2 Å². The fourth-order valence-corrected chi connectivity index (χ4v) is 4.11. The third-order valence-corrected chi connectivity index (χ3v) is 5.51. The van der Waals surface area contributed by atoms with Gasteiger partial charge in [0.25, 0.3) is 0 Å². The fraction of sp³-hybridized carbons (Fsp3) is 0.476. The van der Waals surface area contributed by atoms with E-state index in [0.29, 0.717) is 5.92 Å². The van der Waals surface area contributed by atoms with Crippen molar-refractivity contribution in [2.24, 2.45) is 7.05 Å². The average Bonchev–Trinajstić information content (AvgIpc) is 3.26. The molecule has 0 bridgehead atoms. The van der Waals surface area contributed by atoms with Gasteiger partial charge in [0.1, 0.15) is 5.76 Å². The minimum Gasteiger partial charge on any atom is -0.392 e. The highest BCUT2D eigenvalue weighted by Gasteiger charge is 2.25. The molecule has 4 heterocycles. The molecule has 1 saturated heterocycles. The third kappa shape index (κ3) is 3.72. The van der Waals surface area contributed by atoms with Crippen LogP contribution in [0.25, 0.3) is 11.3 Å². The number of nitrogens with zero attached hydrogens (tertiary/aromatic N) is 5. The van der Waals surface area contributed by atoms with E-state index in [4.69, 9.17) is 9.51 Å². The maximum absolute atomic E-state index is 9.80. The number of hydrogen-bond donors (Lipinski definition) is 1. The molecule has 0 saturated carbocycles. The molecule has 148 valence electrons. The van der Waals surface area contributed by atoms with Crippen LogP contribution in [0.2, 0.25) is 0 Å². The van der Waals surface area contributed by atoms with Crippen molar-refractivity contribution in [3.05, 3.63) is 53.1 Å². The number of aliphatic hydroxyl groups is 1. The van der Waals surface area contributed by atoms with Crippen molar-refractivity contribution in [2.75, 3.05) is 13.1 Å². The second-order valence-corrected chi connectivity index (χ2v) is 7.71. The molecule has 4 rings (SSSR count). The van der Waals surface area contributed by atoms with Gasteiger partial charge >= 0.3 is 0 Å². The summed E-state index contributed by atoms with van der Waals surface area (Å²) in [6.07, 6.45) is 6.18. The SMILES string of the molecule is Cc1noc(C)c1-c1nc(C2CCCN(Cc3cn(C)cn3)C2)ccc1CO. The van der Waals surface area contributed by atoms with Crippen LogP contribution in [0.5, 0.6) is 0 Å². The monoisotopic (exact) mass is 381 g/mol. The molecule has 3 aromatic rings. The summed E-state index contributed by atoms with van der Waals surface area (Å²) < 4.78 is 7.32. The fourth-order valence-electron chi connectivity index (χ4n) is 4.11. The summed E-state index contributed by atoms with van der Waals surface area (Å²) >= 11 is 0. The third-order valence-electron chi connectivity index (χ3n) is 5.51. The van der Waals surface area contributed by atoms with Crippen molar-refractivity contribution in [1.29, 1.82) is 0 Å². The molecule has 7 heteroatoms. The molecule has 0 spiro atoms. The van der Waals surface area contributed by atoms with Gasteiger partial charge in [0.2, 0.25) is 0 Å². The lowest BCUT2D eigenvalue weighted by atomic mass is 9.93. The Morgan fingerprint density at radius 1 is 1.29 bits per heavy atom. The first kappa shape index (κ1) is 18.8. The normalized spacial score (nSPS) is 17.9. The van der Waals surface area contributed by atoms with Crippen molar-refractivity contribution in [3.63, 3.8) is 0 Å². The summed E-state index contributed by atoms with van der Waals surface area (Å²) in [6.45, 7) is 6.66. The number of hydrogen-bond acceptors (Lipinski definition) is 6. The largest absolute Gasteiger partial charge is 0.392 e. The molecule has 7 nitrogen and oxygen atoms in total. The van der Waals surface area contributed by atoms with Gasteiger partial charge in [-0.15, -0.1) is 0 Å². The van der Waals surface area contributed by atoms with Crippen LogP contribution < -0.4 is 0 Å². The van der Waals surface area contributed by atoms with Crippen LogP contribution in [0.4, 0.5) is 0 Å². The zero-order valence-electron chi connectivity index (χ0n) is 16.7. The highest BCUT2D eigenvalue weighted by atomic mass is 16.5. The van der Waals surface area contributed by atoms with Crippen LogP contribution in [-0.2, 0) is 20.2 Å². The number of rotatable bonds is 5. The minimum absolute atomic E-state index is 0.0524. The van der Waals surface area contributed by atoms with Crippen LogP contribution in [0, 0.1) is 13.8 Å². The van der Waals surface area contributed by atoms with Gasteiger partial charge in [0.05, 0.1) is 35.6 Å². The number of pyridine rings is 1. The summed E-state index contributed by atoms with van der Waals surface area (Å²) in [4.78, 5) is 11.9. The van der Waals surface area contributed by atoms with Crippen molar-refractivity contribution >= 4 is 0 Å². The van der Waals surface area contributed by atoms with Crippen LogP contribution in [0.15, 0.2) is 29.2 Å². The smallest absolute Gasteiger partial charge is 0.143 e. The Morgan fingerprint density at radius 2 is 2.14 bits per heavy atom. The highest BCUT2D eigenvalue weighted by molar-refractivity contribution is 5.67. The van der Waals surface area contributed by atoms with Crippen LogP contribution in [0.1, 0.15) is 47.2 Å². The molecule has 28 heavy (non-hydrogen) atoms. The van der Waals surface area contributed by atoms with Gasteiger partial charge in [-0.25, -0.2) is 4.98 Å². The molecule has 1 atom stereocenters. The van der Waals surface area contributed by atoms with Gasteiger partial charge in [0.15, 0.2) is 0 Å². The predicted octanol–water partition coefficient (Wildman–Crippen LogP) is 2.96. The number of aliphatic hydroxyl groups excluding tert-OH is 1. The van der Waals surface area contributed by atoms with E-state index in [2.05, 4.69) is 27.3 Å². The molecule has 1 N–H and O–H groups in total. The maximum atomic E-state index is 9.80. The predicted molar refractivity (Wildman–Crippen MR) is 106 cm³/mol. The Bertz CT molecular complexity index is 942. The van der Waals surface area contributed by atoms with E-state index in [9.17, 15) is 5.11 Å². The van der Waals surface area contributed by atoms with Crippen LogP contribution >= 0.6 is 0 Å². The van der Waals surface area contributed by atoms with Gasteiger partial charge in [0, 0.05) is 43.5 Å². The lowest BCUT2D eigenvalue weighted by Gasteiger charge is -2.32. The van der Waals surface area contributed by atoms with E-state index < -0.39 is 0 Å². The number of piperidine rings is 1. The molecule has 1 unspecified atom stereocenters. The zero-order valence-corrected chi connectivity index (χ0v) is 16.7. The minimum atomic E-state index is -0.0524. The van der Waals surface area contributed by atoms with E-state index in [1.54, 1.807) is 0 Å². The molecule has 3 aromatic heterocycles. The van der Waals surface area contributed by atoms with Gasteiger partial charge in [-0.05, 0) is 39.3 Å². The van der Waals surface area contributed by atoms with Crippen molar-refractivity contribution < 1.29 is 9.63 Å². The van der Waals surface area contributed by atoms with E-state index in [0.717, 1.165) is 72.1 Å². The molecule has 0 amide bonds. The first-order valence-corrected chi connectivity index (χ1v) is 9.78. The van der Waals surface area contributed by atoms with Crippen LogP contribution in [0.3, 0.4) is 0 Å². The number of aryl methyl sites for hydroxylation is 3. The summed E-state index contributed by atoms with van der Waals surface area (Å²) in [5, 5.41) is 13.9. The summed E-state index contributed by atoms with van der Waals surface area (Å²) in [5.41, 5.74) is 5.46. The summed E-state index contributed by atoms with van der Waals surface area (Å²) in [6, 6.07) is 4.05. The number of likely N-dealkylation sites (tertiary alicyclic amines) is 1. The molecule has 0 radical (unpaired) electrons. The Morgan fingerprint density at radius 3 is 2.82 bits per heavy atom. The number of aromatic nitrogens is 4. The molecular formula is C21H27N5O2. The molecule has 1 fully saturated rings. The topological polar surface area (TPSA) is 80.2 Å². The molecular weight excluding hydrogens is 354 g/mol. The Hall–Kier alpha value is -2.51. The van der Waals surface area contributed by atoms with Gasteiger partial charge in [-0.1, -0.05) is 11.2 Å². The standard InChI is InChI=1S/C21H27N5O2/c1-14-20(15(2)28-24-14)21-17(12-27)6-7-19(23-21)16-5-4-8-26(9-16)11-18-10-25(3)13-22-18/h6-7,10,13,16,27H,4-5,8-9,11-12H2,1-3H3. The lowest BCUT2D eigenvalue weighted by Crippen LogP contribution is -2.34. The molecule has 1 aliphatic heterocycles. The summed E-state index contributed by atoms with van der Waals surface area (Å²) in [7, 11) is 2.00. The molecule has 0 aromatic carbocycles.